The van der Waals surface area contributed by atoms with Gasteiger partial charge in [-0.25, -0.2) is 0 Å². The first-order valence-electron chi connectivity index (χ1n) is 5.46. The molecular formula is C13H17N3. The van der Waals surface area contributed by atoms with E-state index in [0.29, 0.717) is 0 Å². The number of H-pyrrole nitrogens is 1. The molecule has 16 heavy (non-hydrogen) atoms. The van der Waals surface area contributed by atoms with Gasteiger partial charge in [-0.05, 0) is 43.8 Å². The topological polar surface area (TPSA) is 42.9 Å². The zero-order valence-electron chi connectivity index (χ0n) is 9.75. The molecule has 0 spiro atoms. The summed E-state index contributed by atoms with van der Waals surface area (Å²) in [5.74, 6) is 0. The van der Waals surface area contributed by atoms with Crippen LogP contribution in [0.5, 0.6) is 0 Å². The van der Waals surface area contributed by atoms with E-state index in [2.05, 4.69) is 36.2 Å². The molecule has 0 amide bonds. The lowest BCUT2D eigenvalue weighted by molar-refractivity contribution is 0.414. The van der Waals surface area contributed by atoms with E-state index in [0.717, 1.165) is 24.0 Å². The Kier molecular flexibility index (Phi) is 3.06. The standard InChI is InChI=1S/C13H17N3/c1-16(2)6-5-11-9-15-13-4-3-10(8-14)7-12(11)13/h3-4,7-9,14-15H,5-6H2,1-2H3. The number of hydrogen-bond donors (Lipinski definition) is 2. The summed E-state index contributed by atoms with van der Waals surface area (Å²) in [6.07, 6.45) is 4.50. The average molecular weight is 215 g/mol. The van der Waals surface area contributed by atoms with Crippen molar-refractivity contribution >= 4 is 17.1 Å². The molecule has 1 aromatic carbocycles. The van der Waals surface area contributed by atoms with Gasteiger partial charge in [0.25, 0.3) is 0 Å². The number of nitrogens with one attached hydrogen (secondary N) is 2. The third-order valence-electron chi connectivity index (χ3n) is 2.79. The number of hydrogen-bond acceptors (Lipinski definition) is 2. The summed E-state index contributed by atoms with van der Waals surface area (Å²) >= 11 is 0. The van der Waals surface area contributed by atoms with Gasteiger partial charge >= 0.3 is 0 Å². The Bertz CT molecular complexity index is 497. The molecule has 0 bridgehead atoms. The van der Waals surface area contributed by atoms with E-state index in [1.54, 1.807) is 0 Å². The molecule has 0 fully saturated rings. The maximum absolute atomic E-state index is 7.27. The largest absolute Gasteiger partial charge is 0.361 e. The lowest BCUT2D eigenvalue weighted by Crippen LogP contribution is -2.14. The van der Waals surface area contributed by atoms with Crippen molar-refractivity contribution in [1.82, 2.24) is 9.88 Å². The number of aromatic nitrogens is 1. The van der Waals surface area contributed by atoms with Gasteiger partial charge < -0.3 is 15.3 Å². The molecule has 3 heteroatoms. The molecule has 0 saturated heterocycles. The predicted octanol–water partition coefficient (Wildman–Crippen LogP) is 2.27. The van der Waals surface area contributed by atoms with Gasteiger partial charge in [0.2, 0.25) is 0 Å². The lowest BCUT2D eigenvalue weighted by atomic mass is 10.1. The summed E-state index contributed by atoms with van der Waals surface area (Å²) in [6.45, 7) is 1.04. The van der Waals surface area contributed by atoms with Gasteiger partial charge in [0.15, 0.2) is 0 Å². The van der Waals surface area contributed by atoms with Crippen molar-refractivity contribution in [2.24, 2.45) is 0 Å². The molecule has 0 atom stereocenters. The van der Waals surface area contributed by atoms with Gasteiger partial charge in [0.05, 0.1) is 0 Å². The number of likely N-dealkylation sites (N-methyl/N-ethyl adjacent to an activating group) is 1. The summed E-state index contributed by atoms with van der Waals surface area (Å²) in [5.41, 5.74) is 3.44. The minimum atomic E-state index is 0.957. The fourth-order valence-corrected chi connectivity index (χ4v) is 1.84. The van der Waals surface area contributed by atoms with E-state index in [-0.39, 0.29) is 0 Å². The molecule has 84 valence electrons. The Morgan fingerprint density at radius 2 is 2.19 bits per heavy atom. The van der Waals surface area contributed by atoms with Gasteiger partial charge in [0, 0.05) is 29.9 Å². The number of benzene rings is 1. The van der Waals surface area contributed by atoms with Crippen LogP contribution in [0.15, 0.2) is 24.4 Å². The number of aromatic amines is 1. The Labute approximate surface area is 95.6 Å². The van der Waals surface area contributed by atoms with Crippen LogP contribution in [-0.2, 0) is 6.42 Å². The fraction of sp³-hybridized carbons (Fsp3) is 0.308. The van der Waals surface area contributed by atoms with E-state index >= 15 is 0 Å². The predicted molar refractivity (Wildman–Crippen MR) is 68.4 cm³/mol. The van der Waals surface area contributed by atoms with Crippen LogP contribution in [0.3, 0.4) is 0 Å². The zero-order valence-corrected chi connectivity index (χ0v) is 9.75. The molecule has 2 N–H and O–H groups in total. The molecule has 0 unspecified atom stereocenters. The number of fused-ring (bicyclic) bond motifs is 1. The molecule has 2 aromatic rings. The van der Waals surface area contributed by atoms with Gasteiger partial charge in [0.1, 0.15) is 0 Å². The normalized spacial score (nSPS) is 11.2. The molecule has 0 aliphatic rings. The van der Waals surface area contributed by atoms with Crippen LogP contribution < -0.4 is 0 Å². The third-order valence-corrected chi connectivity index (χ3v) is 2.79. The minimum Gasteiger partial charge on any atom is -0.361 e. The van der Waals surface area contributed by atoms with Crippen LogP contribution >= 0.6 is 0 Å². The van der Waals surface area contributed by atoms with Crippen LogP contribution in [0, 0.1) is 5.41 Å². The average Bonchev–Trinajstić information content (AvgIpc) is 2.68. The highest BCUT2D eigenvalue weighted by Gasteiger charge is 2.04. The van der Waals surface area contributed by atoms with Crippen LogP contribution in [0.1, 0.15) is 11.1 Å². The summed E-state index contributed by atoms with van der Waals surface area (Å²) in [6, 6.07) is 6.07. The lowest BCUT2D eigenvalue weighted by Gasteiger charge is -2.08. The van der Waals surface area contributed by atoms with E-state index in [9.17, 15) is 0 Å². The zero-order chi connectivity index (χ0) is 11.5. The smallest absolute Gasteiger partial charge is 0.0457 e. The second-order valence-corrected chi connectivity index (χ2v) is 4.32. The summed E-state index contributed by atoms with van der Waals surface area (Å²) < 4.78 is 0. The molecule has 0 aliphatic heterocycles. The maximum Gasteiger partial charge on any atom is 0.0457 e. The van der Waals surface area contributed by atoms with Crippen molar-refractivity contribution in [3.05, 3.63) is 35.5 Å². The van der Waals surface area contributed by atoms with Gasteiger partial charge in [-0.2, -0.15) is 0 Å². The molecule has 0 saturated carbocycles. The van der Waals surface area contributed by atoms with E-state index in [1.165, 1.54) is 17.2 Å². The van der Waals surface area contributed by atoms with Crippen molar-refractivity contribution in [2.45, 2.75) is 6.42 Å². The first kappa shape index (κ1) is 10.9. The minimum absolute atomic E-state index is 0.957. The van der Waals surface area contributed by atoms with Crippen molar-refractivity contribution in [1.29, 1.82) is 5.41 Å². The second-order valence-electron chi connectivity index (χ2n) is 4.32. The van der Waals surface area contributed by atoms with Crippen LogP contribution in [0.2, 0.25) is 0 Å². The van der Waals surface area contributed by atoms with Crippen LogP contribution in [-0.4, -0.2) is 36.7 Å². The summed E-state index contributed by atoms with van der Waals surface area (Å²) in [4.78, 5) is 5.45. The Hall–Kier alpha value is -1.61. The molecule has 2 rings (SSSR count). The molecule has 0 aliphatic carbocycles. The van der Waals surface area contributed by atoms with Crippen LogP contribution in [0.25, 0.3) is 10.9 Å². The molecular weight excluding hydrogens is 198 g/mol. The first-order chi connectivity index (χ1) is 7.70. The molecule has 3 nitrogen and oxygen atoms in total. The Morgan fingerprint density at radius 3 is 2.88 bits per heavy atom. The van der Waals surface area contributed by atoms with Gasteiger partial charge in [-0.3, -0.25) is 0 Å². The highest BCUT2D eigenvalue weighted by Crippen LogP contribution is 2.19. The van der Waals surface area contributed by atoms with Crippen molar-refractivity contribution in [3.63, 3.8) is 0 Å². The van der Waals surface area contributed by atoms with Gasteiger partial charge in [-0.1, -0.05) is 6.07 Å². The van der Waals surface area contributed by atoms with E-state index in [1.807, 2.05) is 12.1 Å². The molecule has 0 radical (unpaired) electrons. The SMILES string of the molecule is CN(C)CCc1c[nH]c2ccc(C=N)cc12. The van der Waals surface area contributed by atoms with E-state index < -0.39 is 0 Å². The Morgan fingerprint density at radius 1 is 1.38 bits per heavy atom. The Balaban J connectivity index is 2.34. The summed E-state index contributed by atoms with van der Waals surface area (Å²) in [7, 11) is 4.16. The molecule has 1 aromatic heterocycles. The first-order valence-corrected chi connectivity index (χ1v) is 5.46. The summed E-state index contributed by atoms with van der Waals surface area (Å²) in [5, 5.41) is 8.51. The van der Waals surface area contributed by atoms with Crippen molar-refractivity contribution in [3.8, 4) is 0 Å². The molecule has 1 heterocycles. The van der Waals surface area contributed by atoms with Crippen molar-refractivity contribution < 1.29 is 0 Å². The van der Waals surface area contributed by atoms with Crippen LogP contribution in [0.4, 0.5) is 0 Å². The van der Waals surface area contributed by atoms with Gasteiger partial charge in [-0.15, -0.1) is 0 Å². The highest BCUT2D eigenvalue weighted by atomic mass is 15.0. The number of rotatable bonds is 4. The monoisotopic (exact) mass is 215 g/mol. The highest BCUT2D eigenvalue weighted by molar-refractivity contribution is 5.90. The fourth-order valence-electron chi connectivity index (χ4n) is 1.84. The van der Waals surface area contributed by atoms with Crippen molar-refractivity contribution in [2.75, 3.05) is 20.6 Å². The third kappa shape index (κ3) is 2.14. The maximum atomic E-state index is 7.27. The second kappa shape index (κ2) is 4.49. The number of nitrogens with zero attached hydrogens (tertiary/aromatic N) is 1. The quantitative estimate of drug-likeness (QED) is 0.755. The van der Waals surface area contributed by atoms with E-state index in [4.69, 9.17) is 5.41 Å².